The van der Waals surface area contributed by atoms with E-state index in [4.69, 9.17) is 5.73 Å². The van der Waals surface area contributed by atoms with Crippen molar-refractivity contribution in [1.29, 1.82) is 0 Å². The molecule has 15 heavy (non-hydrogen) atoms. The molecule has 2 N–H and O–H groups in total. The van der Waals surface area contributed by atoms with Crippen LogP contribution in [0.2, 0.25) is 0 Å². The van der Waals surface area contributed by atoms with E-state index in [1.54, 1.807) is 0 Å². The number of nitrogen functional groups attached to an aromatic ring is 1. The lowest BCUT2D eigenvalue weighted by molar-refractivity contribution is -0.136. The lowest BCUT2D eigenvalue weighted by Crippen LogP contribution is -2.11. The van der Waals surface area contributed by atoms with Crippen LogP contribution in [0.3, 0.4) is 0 Å². The van der Waals surface area contributed by atoms with Gasteiger partial charge in [0.05, 0.1) is 5.56 Å². The Balaban J connectivity index is 3.39. The first-order valence-electron chi connectivity index (χ1n) is 4.21. The van der Waals surface area contributed by atoms with Crippen LogP contribution in [0.15, 0.2) is 12.1 Å². The second-order valence-electron chi connectivity index (χ2n) is 3.31. The van der Waals surface area contributed by atoms with Crippen LogP contribution in [-0.4, -0.2) is 5.78 Å². The van der Waals surface area contributed by atoms with E-state index in [9.17, 15) is 18.0 Å². The molecule has 0 saturated carbocycles. The maximum Gasteiger partial charge on any atom is 0.418 e. The molecular formula is C10H10F3NO. The van der Waals surface area contributed by atoms with Crippen LogP contribution < -0.4 is 5.73 Å². The third kappa shape index (κ3) is 2.29. The van der Waals surface area contributed by atoms with Crippen molar-refractivity contribution in [3.05, 3.63) is 28.8 Å². The van der Waals surface area contributed by atoms with Crippen LogP contribution in [0.1, 0.15) is 28.4 Å². The number of carbonyl (C=O) groups excluding carboxylic acids is 1. The number of Topliss-reactive ketones (excluding diaryl/α,β-unsaturated/α-hetero) is 1. The van der Waals surface area contributed by atoms with Crippen molar-refractivity contribution in [3.8, 4) is 0 Å². The summed E-state index contributed by atoms with van der Waals surface area (Å²) in [7, 11) is 0. The van der Waals surface area contributed by atoms with Crippen molar-refractivity contribution >= 4 is 11.5 Å². The van der Waals surface area contributed by atoms with E-state index in [0.717, 1.165) is 12.1 Å². The minimum absolute atomic E-state index is 0.223. The number of hydrogen-bond acceptors (Lipinski definition) is 2. The monoisotopic (exact) mass is 217 g/mol. The highest BCUT2D eigenvalue weighted by Gasteiger charge is 2.33. The molecule has 0 atom stereocenters. The van der Waals surface area contributed by atoms with Gasteiger partial charge in [-0.25, -0.2) is 0 Å². The van der Waals surface area contributed by atoms with Gasteiger partial charge in [-0.1, -0.05) is 0 Å². The molecule has 0 bridgehead atoms. The minimum atomic E-state index is -4.48. The van der Waals surface area contributed by atoms with Gasteiger partial charge in [0, 0.05) is 11.3 Å². The Hall–Kier alpha value is -1.52. The number of halogens is 3. The standard InChI is InChI=1S/C10H10F3NO/c1-5-3-8(10(11,12)13)9(14)4-7(5)6(2)15/h3-4H,14H2,1-2H3. The molecule has 0 saturated heterocycles. The van der Waals surface area contributed by atoms with E-state index in [2.05, 4.69) is 0 Å². The van der Waals surface area contributed by atoms with Gasteiger partial charge in [-0.05, 0) is 31.5 Å². The van der Waals surface area contributed by atoms with Gasteiger partial charge in [0.25, 0.3) is 0 Å². The first kappa shape index (κ1) is 11.6. The molecule has 0 unspecified atom stereocenters. The molecule has 0 heterocycles. The summed E-state index contributed by atoms with van der Waals surface area (Å²) in [5.74, 6) is -0.298. The fraction of sp³-hybridized carbons (Fsp3) is 0.300. The molecule has 0 amide bonds. The fourth-order valence-electron chi connectivity index (χ4n) is 1.35. The van der Waals surface area contributed by atoms with Crippen molar-refractivity contribution in [3.63, 3.8) is 0 Å². The molecule has 1 aromatic carbocycles. The molecule has 1 aromatic rings. The molecule has 5 heteroatoms. The Morgan fingerprint density at radius 1 is 1.33 bits per heavy atom. The maximum absolute atomic E-state index is 12.4. The fourth-order valence-corrected chi connectivity index (χ4v) is 1.35. The summed E-state index contributed by atoms with van der Waals surface area (Å²) in [6.07, 6.45) is -4.48. The number of nitrogens with two attached hydrogens (primary N) is 1. The summed E-state index contributed by atoms with van der Waals surface area (Å²) >= 11 is 0. The van der Waals surface area contributed by atoms with E-state index < -0.39 is 17.4 Å². The van der Waals surface area contributed by atoms with E-state index >= 15 is 0 Å². The number of alkyl halides is 3. The van der Waals surface area contributed by atoms with Gasteiger partial charge in [-0.2, -0.15) is 13.2 Å². The van der Waals surface area contributed by atoms with Crippen LogP contribution in [0, 0.1) is 6.92 Å². The Morgan fingerprint density at radius 3 is 2.27 bits per heavy atom. The number of benzene rings is 1. The summed E-state index contributed by atoms with van der Waals surface area (Å²) in [6, 6.07) is 1.96. The highest BCUT2D eigenvalue weighted by molar-refractivity contribution is 5.96. The Kier molecular flexibility index (Phi) is 2.75. The summed E-state index contributed by atoms with van der Waals surface area (Å²) in [6.45, 7) is 2.74. The highest BCUT2D eigenvalue weighted by Crippen LogP contribution is 2.35. The molecule has 0 radical (unpaired) electrons. The Labute approximate surface area is 84.9 Å². The average molecular weight is 217 g/mol. The lowest BCUT2D eigenvalue weighted by Gasteiger charge is -2.12. The largest absolute Gasteiger partial charge is 0.418 e. The minimum Gasteiger partial charge on any atom is -0.398 e. The van der Waals surface area contributed by atoms with Gasteiger partial charge in [-0.3, -0.25) is 4.79 Å². The van der Waals surface area contributed by atoms with Gasteiger partial charge < -0.3 is 5.73 Å². The molecule has 0 aromatic heterocycles. The maximum atomic E-state index is 12.4. The second kappa shape index (κ2) is 3.56. The summed E-state index contributed by atoms with van der Waals surface area (Å²) in [4.78, 5) is 11.0. The van der Waals surface area contributed by atoms with Gasteiger partial charge >= 0.3 is 6.18 Å². The predicted octanol–water partition coefficient (Wildman–Crippen LogP) is 2.80. The SMILES string of the molecule is CC(=O)c1cc(N)c(C(F)(F)F)cc1C. The van der Waals surface area contributed by atoms with E-state index in [1.165, 1.54) is 13.8 Å². The highest BCUT2D eigenvalue weighted by atomic mass is 19.4. The molecule has 0 spiro atoms. The van der Waals surface area contributed by atoms with Crippen molar-refractivity contribution in [2.75, 3.05) is 5.73 Å². The van der Waals surface area contributed by atoms with Crippen LogP contribution in [0.5, 0.6) is 0 Å². The zero-order valence-corrected chi connectivity index (χ0v) is 8.27. The second-order valence-corrected chi connectivity index (χ2v) is 3.31. The molecule has 1 rings (SSSR count). The number of aryl methyl sites for hydroxylation is 1. The third-order valence-electron chi connectivity index (χ3n) is 2.08. The van der Waals surface area contributed by atoms with Gasteiger partial charge in [0.15, 0.2) is 5.78 Å². The molecule has 0 fully saturated rings. The van der Waals surface area contributed by atoms with Crippen molar-refractivity contribution in [2.45, 2.75) is 20.0 Å². The molecular weight excluding hydrogens is 207 g/mol. The number of anilines is 1. The van der Waals surface area contributed by atoms with Crippen LogP contribution in [-0.2, 0) is 6.18 Å². The molecule has 0 aliphatic carbocycles. The number of rotatable bonds is 1. The topological polar surface area (TPSA) is 43.1 Å². The summed E-state index contributed by atoms with van der Waals surface area (Å²) in [5.41, 5.74) is 4.43. The van der Waals surface area contributed by atoms with Crippen LogP contribution in [0.25, 0.3) is 0 Å². The first-order chi connectivity index (χ1) is 6.73. The molecule has 0 aliphatic heterocycles. The van der Waals surface area contributed by atoms with Gasteiger partial charge in [0.2, 0.25) is 0 Å². The lowest BCUT2D eigenvalue weighted by atomic mass is 10.0. The smallest absolute Gasteiger partial charge is 0.398 e. The van der Waals surface area contributed by atoms with Crippen molar-refractivity contribution < 1.29 is 18.0 Å². The Bertz CT molecular complexity index is 410. The summed E-state index contributed by atoms with van der Waals surface area (Å²) < 4.78 is 37.2. The van der Waals surface area contributed by atoms with Crippen molar-refractivity contribution in [2.24, 2.45) is 0 Å². The van der Waals surface area contributed by atoms with Crippen LogP contribution >= 0.6 is 0 Å². The van der Waals surface area contributed by atoms with E-state index in [1.807, 2.05) is 0 Å². The normalized spacial score (nSPS) is 11.5. The third-order valence-corrected chi connectivity index (χ3v) is 2.08. The summed E-state index contributed by atoms with van der Waals surface area (Å²) in [5, 5.41) is 0. The molecule has 0 aliphatic rings. The average Bonchev–Trinajstić information content (AvgIpc) is 2.06. The zero-order chi connectivity index (χ0) is 11.8. The van der Waals surface area contributed by atoms with Gasteiger partial charge in [-0.15, -0.1) is 0 Å². The number of carbonyl (C=O) groups is 1. The Morgan fingerprint density at radius 2 is 1.87 bits per heavy atom. The van der Waals surface area contributed by atoms with E-state index in [-0.39, 0.29) is 16.9 Å². The van der Waals surface area contributed by atoms with E-state index in [0.29, 0.717) is 0 Å². The predicted molar refractivity (Wildman–Crippen MR) is 50.6 cm³/mol. The zero-order valence-electron chi connectivity index (χ0n) is 8.27. The quantitative estimate of drug-likeness (QED) is 0.580. The van der Waals surface area contributed by atoms with Gasteiger partial charge in [0.1, 0.15) is 0 Å². The molecule has 2 nitrogen and oxygen atoms in total. The number of hydrogen-bond donors (Lipinski definition) is 1. The first-order valence-corrected chi connectivity index (χ1v) is 4.21. The number of ketones is 1. The van der Waals surface area contributed by atoms with Crippen LogP contribution in [0.4, 0.5) is 18.9 Å². The molecule has 82 valence electrons. The van der Waals surface area contributed by atoms with Crippen molar-refractivity contribution in [1.82, 2.24) is 0 Å².